The van der Waals surface area contributed by atoms with Crippen LogP contribution in [0.15, 0.2) is 24.3 Å². The molecule has 1 aromatic carbocycles. The van der Waals surface area contributed by atoms with Crippen LogP contribution < -0.4 is 10.1 Å². The molecule has 0 atom stereocenters. The number of rotatable bonds is 2. The van der Waals surface area contributed by atoms with Crippen molar-refractivity contribution in [2.75, 3.05) is 0 Å². The summed E-state index contributed by atoms with van der Waals surface area (Å²) in [4.78, 5) is 0. The van der Waals surface area contributed by atoms with Gasteiger partial charge in [0.25, 0.3) is 0 Å². The highest BCUT2D eigenvalue weighted by atomic mass is 19.4. The van der Waals surface area contributed by atoms with Crippen molar-refractivity contribution in [3.63, 3.8) is 0 Å². The normalized spacial score (nSPS) is 11.4. The largest absolute Gasteiger partial charge is 0.573 e. The molecular formula is C8H8F3NO. The van der Waals surface area contributed by atoms with Crippen molar-refractivity contribution in [3.05, 3.63) is 31.3 Å². The highest BCUT2D eigenvalue weighted by molar-refractivity contribution is 5.35. The standard InChI is InChI=1S/C8H8F3NO/c1-12-6-2-4-7(5-3-6)13-8(9,10)11/h2-5H,1,12H2. The molecule has 2 nitrogen and oxygen atoms in total. The van der Waals surface area contributed by atoms with Crippen LogP contribution in [-0.2, 0) is 0 Å². The van der Waals surface area contributed by atoms with Gasteiger partial charge in [0.1, 0.15) is 11.4 Å². The molecule has 0 amide bonds. The topological polar surface area (TPSA) is 25.8 Å². The van der Waals surface area contributed by atoms with Crippen molar-refractivity contribution >= 4 is 5.69 Å². The Hall–Kier alpha value is -1.23. The molecule has 0 aromatic heterocycles. The van der Waals surface area contributed by atoms with Gasteiger partial charge in [0.15, 0.2) is 0 Å². The number of nitrogens with two attached hydrogens (primary N) is 1. The Morgan fingerprint density at radius 1 is 1.15 bits per heavy atom. The first-order valence-electron chi connectivity index (χ1n) is 3.49. The minimum Gasteiger partial charge on any atom is -0.446 e. The van der Waals surface area contributed by atoms with Gasteiger partial charge in [-0.3, -0.25) is 0 Å². The summed E-state index contributed by atoms with van der Waals surface area (Å²) in [6, 6.07) is 5.47. The molecule has 0 unspecified atom stereocenters. The average molecular weight is 191 g/mol. The molecular weight excluding hydrogens is 183 g/mol. The van der Waals surface area contributed by atoms with Crippen LogP contribution in [0.5, 0.6) is 5.75 Å². The molecule has 0 saturated carbocycles. The molecule has 0 fully saturated rings. The van der Waals surface area contributed by atoms with Gasteiger partial charge in [-0.15, -0.1) is 20.2 Å². The number of alkyl halides is 3. The third kappa shape index (κ3) is 3.33. The second kappa shape index (κ2) is 3.66. The van der Waals surface area contributed by atoms with Crippen molar-refractivity contribution in [1.29, 1.82) is 0 Å². The second-order valence-electron chi connectivity index (χ2n) is 2.32. The Kier molecular flexibility index (Phi) is 2.77. The number of quaternary nitrogens is 1. The fourth-order valence-electron chi connectivity index (χ4n) is 0.806. The van der Waals surface area contributed by atoms with Crippen LogP contribution in [0.25, 0.3) is 0 Å². The molecule has 0 radical (unpaired) electrons. The highest BCUT2D eigenvalue weighted by Gasteiger charge is 2.30. The minimum absolute atomic E-state index is 0.224. The van der Waals surface area contributed by atoms with Crippen LogP contribution >= 0.6 is 0 Å². The van der Waals surface area contributed by atoms with E-state index in [1.165, 1.54) is 29.6 Å². The smallest absolute Gasteiger partial charge is 0.446 e. The second-order valence-corrected chi connectivity index (χ2v) is 2.32. The third-order valence-electron chi connectivity index (χ3n) is 1.35. The molecule has 0 aliphatic carbocycles. The number of hydrogen-bond donors (Lipinski definition) is 1. The lowest BCUT2D eigenvalue weighted by molar-refractivity contribution is -0.504. The summed E-state index contributed by atoms with van der Waals surface area (Å²) < 4.78 is 38.7. The van der Waals surface area contributed by atoms with Crippen molar-refractivity contribution in [1.82, 2.24) is 0 Å². The van der Waals surface area contributed by atoms with Crippen LogP contribution in [-0.4, -0.2) is 6.36 Å². The average Bonchev–Trinajstić information content (AvgIpc) is 2.03. The van der Waals surface area contributed by atoms with Gasteiger partial charge in [-0.2, -0.15) is 0 Å². The number of hydrogen-bond acceptors (Lipinski definition) is 1. The van der Waals surface area contributed by atoms with Gasteiger partial charge in [-0.25, -0.2) is 0 Å². The van der Waals surface area contributed by atoms with Crippen LogP contribution in [0.1, 0.15) is 0 Å². The van der Waals surface area contributed by atoms with E-state index < -0.39 is 6.36 Å². The Balaban J connectivity index is 2.70. The first-order chi connectivity index (χ1) is 6.01. The number of ether oxygens (including phenoxy) is 1. The van der Waals surface area contributed by atoms with Crippen LogP contribution in [0.2, 0.25) is 0 Å². The van der Waals surface area contributed by atoms with Crippen LogP contribution in [0.3, 0.4) is 0 Å². The fourth-order valence-corrected chi connectivity index (χ4v) is 0.806. The van der Waals surface area contributed by atoms with Crippen LogP contribution in [0.4, 0.5) is 18.9 Å². The monoisotopic (exact) mass is 191 g/mol. The SMILES string of the molecule is [CH2-][NH2+]c1ccc(OC(F)(F)F)cc1. The van der Waals surface area contributed by atoms with E-state index in [1.54, 1.807) is 0 Å². The molecule has 0 heterocycles. The van der Waals surface area contributed by atoms with Crippen molar-refractivity contribution in [2.45, 2.75) is 6.36 Å². The Labute approximate surface area is 73.3 Å². The lowest BCUT2D eigenvalue weighted by Gasteiger charge is -2.08. The van der Waals surface area contributed by atoms with Gasteiger partial charge in [0, 0.05) is 12.1 Å². The van der Waals surface area contributed by atoms with Gasteiger partial charge in [0.2, 0.25) is 0 Å². The van der Waals surface area contributed by atoms with E-state index in [-0.39, 0.29) is 5.75 Å². The maximum absolute atomic E-state index is 11.7. The molecule has 2 N–H and O–H groups in total. The molecule has 0 aliphatic rings. The zero-order chi connectivity index (χ0) is 9.90. The van der Waals surface area contributed by atoms with Gasteiger partial charge in [0.05, 0.1) is 0 Å². The molecule has 13 heavy (non-hydrogen) atoms. The van der Waals surface area contributed by atoms with E-state index in [4.69, 9.17) is 0 Å². The van der Waals surface area contributed by atoms with Gasteiger partial charge >= 0.3 is 6.36 Å². The Bertz CT molecular complexity index is 268. The quantitative estimate of drug-likeness (QED) is 0.557. The summed E-state index contributed by atoms with van der Waals surface area (Å²) in [5.74, 6) is -0.224. The summed E-state index contributed by atoms with van der Waals surface area (Å²) in [6.07, 6.45) is -4.63. The van der Waals surface area contributed by atoms with Crippen LogP contribution in [0, 0.1) is 7.05 Å². The number of halogens is 3. The predicted molar refractivity (Wildman–Crippen MR) is 40.1 cm³/mol. The summed E-state index contributed by atoms with van der Waals surface area (Å²) in [6.45, 7) is 0. The Morgan fingerprint density at radius 2 is 1.69 bits per heavy atom. The molecule has 1 rings (SSSR count). The van der Waals surface area contributed by atoms with Gasteiger partial charge in [-0.1, -0.05) is 0 Å². The molecule has 5 heteroatoms. The van der Waals surface area contributed by atoms with Crippen molar-refractivity contribution in [3.8, 4) is 5.75 Å². The van der Waals surface area contributed by atoms with E-state index in [1.807, 2.05) is 0 Å². The van der Waals surface area contributed by atoms with Gasteiger partial charge < -0.3 is 10.1 Å². The fraction of sp³-hybridized carbons (Fsp3) is 0.125. The molecule has 0 spiro atoms. The summed E-state index contributed by atoms with van der Waals surface area (Å²) in [7, 11) is 3.47. The maximum atomic E-state index is 11.7. The maximum Gasteiger partial charge on any atom is 0.573 e. The predicted octanol–water partition coefficient (Wildman–Crippen LogP) is 1.57. The molecule has 0 saturated heterocycles. The minimum atomic E-state index is -4.63. The zero-order valence-corrected chi connectivity index (χ0v) is 6.64. The van der Waals surface area contributed by atoms with Crippen molar-refractivity contribution in [2.24, 2.45) is 0 Å². The molecule has 1 aromatic rings. The van der Waals surface area contributed by atoms with E-state index in [0.29, 0.717) is 0 Å². The van der Waals surface area contributed by atoms with E-state index in [0.717, 1.165) is 5.69 Å². The van der Waals surface area contributed by atoms with E-state index in [9.17, 15) is 13.2 Å². The molecule has 72 valence electrons. The summed E-state index contributed by atoms with van der Waals surface area (Å²) in [5, 5.41) is 1.54. The van der Waals surface area contributed by atoms with E-state index in [2.05, 4.69) is 11.8 Å². The zero-order valence-electron chi connectivity index (χ0n) is 6.64. The summed E-state index contributed by atoms with van der Waals surface area (Å²) >= 11 is 0. The van der Waals surface area contributed by atoms with Crippen molar-refractivity contribution < 1.29 is 23.2 Å². The lowest BCUT2D eigenvalue weighted by Crippen LogP contribution is -2.69. The third-order valence-corrected chi connectivity index (χ3v) is 1.35. The van der Waals surface area contributed by atoms with E-state index >= 15 is 0 Å². The first kappa shape index (κ1) is 9.85. The Morgan fingerprint density at radius 3 is 2.08 bits per heavy atom. The van der Waals surface area contributed by atoms with Gasteiger partial charge in [-0.05, 0) is 12.1 Å². The molecule has 0 bridgehead atoms. The number of benzene rings is 1. The first-order valence-corrected chi connectivity index (χ1v) is 3.49. The molecule has 0 aliphatic heterocycles. The lowest BCUT2D eigenvalue weighted by atomic mass is 10.3. The summed E-state index contributed by atoms with van der Waals surface area (Å²) in [5.41, 5.74) is 0.745. The highest BCUT2D eigenvalue weighted by Crippen LogP contribution is 2.22.